The lowest BCUT2D eigenvalue weighted by atomic mass is 10.0. The smallest absolute Gasteiger partial charge is 0.230 e. The summed E-state index contributed by atoms with van der Waals surface area (Å²) in [6.07, 6.45) is 2.37. The molecular formula is C20H23NO2S. The normalized spacial score (nSPS) is 14.9. The minimum Gasteiger partial charge on any atom is -0.497 e. The van der Waals surface area contributed by atoms with Gasteiger partial charge in [-0.15, -0.1) is 11.8 Å². The van der Waals surface area contributed by atoms with E-state index in [1.54, 1.807) is 18.9 Å². The maximum absolute atomic E-state index is 12.4. The molecule has 0 aromatic heterocycles. The van der Waals surface area contributed by atoms with Gasteiger partial charge in [0, 0.05) is 4.90 Å². The van der Waals surface area contributed by atoms with E-state index in [-0.39, 0.29) is 11.9 Å². The maximum atomic E-state index is 12.4. The summed E-state index contributed by atoms with van der Waals surface area (Å²) in [5.41, 5.74) is 2.39. The van der Waals surface area contributed by atoms with Gasteiger partial charge < -0.3 is 10.1 Å². The Kier molecular flexibility index (Phi) is 5.46. The van der Waals surface area contributed by atoms with Gasteiger partial charge in [-0.25, -0.2) is 0 Å². The van der Waals surface area contributed by atoms with Crippen LogP contribution in [0.25, 0.3) is 0 Å². The molecule has 1 atom stereocenters. The standard InChI is InChI=1S/C20H23NO2S/c1-14-3-11-18(12-4-14)24-13-19(22)21-20(15-5-6-15)16-7-9-17(23-2)10-8-16/h3-4,7-12,15,20H,5-6,13H2,1-2H3,(H,21,22). The van der Waals surface area contributed by atoms with Crippen molar-refractivity contribution in [3.63, 3.8) is 0 Å². The molecule has 1 unspecified atom stereocenters. The van der Waals surface area contributed by atoms with Gasteiger partial charge in [0.2, 0.25) is 5.91 Å². The number of rotatable bonds is 7. The summed E-state index contributed by atoms with van der Waals surface area (Å²) in [7, 11) is 1.66. The molecule has 0 spiro atoms. The predicted molar refractivity (Wildman–Crippen MR) is 98.5 cm³/mol. The van der Waals surface area contributed by atoms with E-state index in [9.17, 15) is 4.79 Å². The highest BCUT2D eigenvalue weighted by Gasteiger charge is 2.33. The van der Waals surface area contributed by atoms with Gasteiger partial charge in [0.1, 0.15) is 5.75 Å². The molecular weight excluding hydrogens is 318 g/mol. The third-order valence-electron chi connectivity index (χ3n) is 4.28. The van der Waals surface area contributed by atoms with Crippen LogP contribution in [-0.2, 0) is 4.79 Å². The molecule has 1 saturated carbocycles. The molecule has 0 radical (unpaired) electrons. The van der Waals surface area contributed by atoms with Gasteiger partial charge in [-0.3, -0.25) is 4.79 Å². The molecule has 126 valence electrons. The molecule has 0 heterocycles. The number of amides is 1. The lowest BCUT2D eigenvalue weighted by molar-refractivity contribution is -0.119. The zero-order valence-electron chi connectivity index (χ0n) is 14.1. The Morgan fingerprint density at radius 1 is 1.17 bits per heavy atom. The van der Waals surface area contributed by atoms with Crippen molar-refractivity contribution in [1.82, 2.24) is 5.32 Å². The molecule has 1 amide bonds. The summed E-state index contributed by atoms with van der Waals surface area (Å²) >= 11 is 1.58. The first-order valence-corrected chi connectivity index (χ1v) is 9.27. The molecule has 0 saturated heterocycles. The fourth-order valence-electron chi connectivity index (χ4n) is 2.71. The van der Waals surface area contributed by atoms with Gasteiger partial charge in [0.25, 0.3) is 0 Å². The van der Waals surface area contributed by atoms with Crippen LogP contribution in [-0.4, -0.2) is 18.8 Å². The van der Waals surface area contributed by atoms with Crippen molar-refractivity contribution >= 4 is 17.7 Å². The molecule has 2 aromatic carbocycles. The average molecular weight is 341 g/mol. The van der Waals surface area contributed by atoms with Crippen LogP contribution in [0.4, 0.5) is 0 Å². The third-order valence-corrected chi connectivity index (χ3v) is 5.29. The average Bonchev–Trinajstić information content (AvgIpc) is 3.44. The Hall–Kier alpha value is -1.94. The number of thioether (sulfide) groups is 1. The molecule has 24 heavy (non-hydrogen) atoms. The van der Waals surface area contributed by atoms with Crippen molar-refractivity contribution in [3.8, 4) is 5.75 Å². The largest absolute Gasteiger partial charge is 0.497 e. The summed E-state index contributed by atoms with van der Waals surface area (Å²) in [4.78, 5) is 13.5. The number of nitrogens with one attached hydrogen (secondary N) is 1. The minimum atomic E-state index is 0.0910. The summed E-state index contributed by atoms with van der Waals surface area (Å²) in [6, 6.07) is 16.4. The van der Waals surface area contributed by atoms with Crippen molar-refractivity contribution in [3.05, 3.63) is 59.7 Å². The van der Waals surface area contributed by atoms with E-state index in [1.807, 2.05) is 12.1 Å². The highest BCUT2D eigenvalue weighted by molar-refractivity contribution is 8.00. The molecule has 3 nitrogen and oxygen atoms in total. The van der Waals surface area contributed by atoms with E-state index in [4.69, 9.17) is 4.74 Å². The van der Waals surface area contributed by atoms with E-state index in [1.165, 1.54) is 18.4 Å². The van der Waals surface area contributed by atoms with Gasteiger partial charge >= 0.3 is 0 Å². The molecule has 1 aliphatic carbocycles. The van der Waals surface area contributed by atoms with Crippen molar-refractivity contribution in [2.24, 2.45) is 5.92 Å². The van der Waals surface area contributed by atoms with E-state index >= 15 is 0 Å². The fraction of sp³-hybridized carbons (Fsp3) is 0.350. The van der Waals surface area contributed by atoms with Crippen LogP contribution >= 0.6 is 11.8 Å². The Labute approximate surface area is 147 Å². The van der Waals surface area contributed by atoms with Crippen molar-refractivity contribution in [2.75, 3.05) is 12.9 Å². The monoisotopic (exact) mass is 341 g/mol. The van der Waals surface area contributed by atoms with Gasteiger partial charge in [-0.1, -0.05) is 29.8 Å². The van der Waals surface area contributed by atoms with Crippen LogP contribution in [0.1, 0.15) is 30.0 Å². The number of methoxy groups -OCH3 is 1. The van der Waals surface area contributed by atoms with Crippen LogP contribution < -0.4 is 10.1 Å². The van der Waals surface area contributed by atoms with Gasteiger partial charge in [-0.05, 0) is 55.5 Å². The van der Waals surface area contributed by atoms with Crippen LogP contribution in [0.5, 0.6) is 5.75 Å². The molecule has 2 aromatic rings. The van der Waals surface area contributed by atoms with Gasteiger partial charge in [0.15, 0.2) is 0 Å². The number of carbonyl (C=O) groups is 1. The van der Waals surface area contributed by atoms with E-state index < -0.39 is 0 Å². The Morgan fingerprint density at radius 2 is 1.83 bits per heavy atom. The molecule has 3 rings (SSSR count). The minimum absolute atomic E-state index is 0.0910. The Bertz CT molecular complexity index is 678. The second-order valence-corrected chi connectivity index (χ2v) is 7.31. The van der Waals surface area contributed by atoms with Crippen LogP contribution in [0, 0.1) is 12.8 Å². The first kappa shape index (κ1) is 16.9. The molecule has 0 aliphatic heterocycles. The summed E-state index contributed by atoms with van der Waals surface area (Å²) in [5, 5.41) is 3.21. The maximum Gasteiger partial charge on any atom is 0.230 e. The Balaban J connectivity index is 1.58. The van der Waals surface area contributed by atoms with E-state index in [2.05, 4.69) is 48.6 Å². The first-order chi connectivity index (χ1) is 11.7. The molecule has 4 heteroatoms. The van der Waals surface area contributed by atoms with Crippen molar-refractivity contribution < 1.29 is 9.53 Å². The number of hydrogen-bond donors (Lipinski definition) is 1. The summed E-state index contributed by atoms with van der Waals surface area (Å²) in [5.74, 6) is 1.94. The quantitative estimate of drug-likeness (QED) is 0.760. The number of carbonyl (C=O) groups excluding carboxylic acids is 1. The van der Waals surface area contributed by atoms with Gasteiger partial charge in [-0.2, -0.15) is 0 Å². The lowest BCUT2D eigenvalue weighted by Crippen LogP contribution is -2.31. The SMILES string of the molecule is COc1ccc(C(NC(=O)CSc2ccc(C)cc2)C2CC2)cc1. The summed E-state index contributed by atoms with van der Waals surface area (Å²) < 4.78 is 5.21. The van der Waals surface area contributed by atoms with Crippen LogP contribution in [0.2, 0.25) is 0 Å². The Morgan fingerprint density at radius 3 is 2.42 bits per heavy atom. The number of hydrogen-bond acceptors (Lipinski definition) is 3. The van der Waals surface area contributed by atoms with E-state index in [0.717, 1.165) is 16.2 Å². The number of aryl methyl sites for hydroxylation is 1. The van der Waals surface area contributed by atoms with Crippen molar-refractivity contribution in [1.29, 1.82) is 0 Å². The molecule has 0 bridgehead atoms. The summed E-state index contributed by atoms with van der Waals surface area (Å²) in [6.45, 7) is 2.07. The van der Waals surface area contributed by atoms with Crippen molar-refractivity contribution in [2.45, 2.75) is 30.7 Å². The first-order valence-electron chi connectivity index (χ1n) is 8.28. The van der Waals surface area contributed by atoms with Crippen LogP contribution in [0.15, 0.2) is 53.4 Å². The number of ether oxygens (including phenoxy) is 1. The highest BCUT2D eigenvalue weighted by Crippen LogP contribution is 2.41. The fourth-order valence-corrected chi connectivity index (χ4v) is 3.42. The zero-order valence-corrected chi connectivity index (χ0v) is 14.9. The second-order valence-electron chi connectivity index (χ2n) is 6.26. The molecule has 1 N–H and O–H groups in total. The van der Waals surface area contributed by atoms with E-state index in [0.29, 0.717) is 11.7 Å². The van der Waals surface area contributed by atoms with Crippen LogP contribution in [0.3, 0.4) is 0 Å². The number of benzene rings is 2. The zero-order chi connectivity index (χ0) is 16.9. The molecule has 1 aliphatic rings. The second kappa shape index (κ2) is 7.75. The van der Waals surface area contributed by atoms with Gasteiger partial charge in [0.05, 0.1) is 18.9 Å². The third kappa shape index (κ3) is 4.54. The lowest BCUT2D eigenvalue weighted by Gasteiger charge is -2.19. The molecule has 1 fully saturated rings. The predicted octanol–water partition coefficient (Wildman–Crippen LogP) is 4.36. The highest BCUT2D eigenvalue weighted by atomic mass is 32.2. The topological polar surface area (TPSA) is 38.3 Å².